The Kier molecular flexibility index (Phi) is 4.97. The molecule has 0 spiro atoms. The summed E-state index contributed by atoms with van der Waals surface area (Å²) in [6.07, 6.45) is 7.15. The maximum atomic E-state index is 12.1. The topological polar surface area (TPSA) is 89.1 Å². The van der Waals surface area contributed by atoms with Crippen LogP contribution in [0.5, 0.6) is 0 Å². The van der Waals surface area contributed by atoms with Gasteiger partial charge in [-0.2, -0.15) is 5.10 Å². The number of hydrogen-bond donors (Lipinski definition) is 1. The van der Waals surface area contributed by atoms with E-state index in [1.807, 2.05) is 31.3 Å². The number of fused-ring (bicyclic) bond motifs is 1. The molecule has 27 heavy (non-hydrogen) atoms. The summed E-state index contributed by atoms with van der Waals surface area (Å²) in [4.78, 5) is 22.4. The van der Waals surface area contributed by atoms with E-state index in [-0.39, 0.29) is 11.9 Å². The molecule has 8 nitrogen and oxygen atoms in total. The third kappa shape index (κ3) is 4.06. The molecule has 3 aromatic heterocycles. The molecule has 3 aromatic rings. The van der Waals surface area contributed by atoms with Gasteiger partial charge in [-0.1, -0.05) is 0 Å². The predicted octanol–water partition coefficient (Wildman–Crippen LogP) is 1.95. The van der Waals surface area contributed by atoms with Crippen LogP contribution in [0.3, 0.4) is 0 Å². The number of nitrogens with zero attached hydrogens (tertiary/aromatic N) is 5. The molecule has 0 fully saturated rings. The monoisotopic (exact) mass is 366 g/mol. The van der Waals surface area contributed by atoms with E-state index in [0.29, 0.717) is 12.2 Å². The van der Waals surface area contributed by atoms with E-state index in [4.69, 9.17) is 4.42 Å². The first-order valence-corrected chi connectivity index (χ1v) is 9.03. The summed E-state index contributed by atoms with van der Waals surface area (Å²) in [7, 11) is 0. The van der Waals surface area contributed by atoms with Crippen LogP contribution < -0.4 is 5.32 Å². The fraction of sp³-hybridized carbons (Fsp3) is 0.368. The Morgan fingerprint density at radius 3 is 3.00 bits per heavy atom. The molecule has 1 atom stereocenters. The maximum Gasteiger partial charge on any atom is 0.271 e. The first kappa shape index (κ1) is 17.4. The Bertz CT molecular complexity index is 904. The average molecular weight is 366 g/mol. The Morgan fingerprint density at radius 1 is 1.30 bits per heavy atom. The van der Waals surface area contributed by atoms with Crippen molar-refractivity contribution in [3.05, 3.63) is 65.9 Å². The van der Waals surface area contributed by atoms with Gasteiger partial charge in [0, 0.05) is 38.2 Å². The van der Waals surface area contributed by atoms with Crippen LogP contribution in [0.15, 0.2) is 47.4 Å². The van der Waals surface area contributed by atoms with Crippen molar-refractivity contribution in [1.29, 1.82) is 0 Å². The zero-order valence-corrected chi connectivity index (χ0v) is 15.2. The number of nitrogens with one attached hydrogen (secondary N) is 1. The first-order chi connectivity index (χ1) is 13.2. The zero-order valence-electron chi connectivity index (χ0n) is 15.2. The van der Waals surface area contributed by atoms with Gasteiger partial charge in [0.2, 0.25) is 0 Å². The number of rotatable bonds is 6. The minimum absolute atomic E-state index is 0.196. The lowest BCUT2D eigenvalue weighted by atomic mass is 10.1. The van der Waals surface area contributed by atoms with Crippen LogP contribution in [0, 0.1) is 6.92 Å². The normalized spacial score (nSPS) is 16.9. The predicted molar refractivity (Wildman–Crippen MR) is 97.8 cm³/mol. The van der Waals surface area contributed by atoms with E-state index in [9.17, 15) is 4.79 Å². The second-order valence-electron chi connectivity index (χ2n) is 6.74. The largest absolute Gasteiger partial charge is 0.465 e. The number of amides is 1. The smallest absolute Gasteiger partial charge is 0.271 e. The molecule has 4 heterocycles. The summed E-state index contributed by atoms with van der Waals surface area (Å²) in [5.74, 6) is 1.69. The van der Waals surface area contributed by atoms with Crippen LogP contribution in [0.1, 0.15) is 40.2 Å². The molecule has 140 valence electrons. The third-order valence-corrected chi connectivity index (χ3v) is 4.69. The molecule has 1 unspecified atom stereocenters. The Morgan fingerprint density at radius 2 is 2.22 bits per heavy atom. The van der Waals surface area contributed by atoms with Gasteiger partial charge in [0.15, 0.2) is 0 Å². The van der Waals surface area contributed by atoms with Gasteiger partial charge in [-0.25, -0.2) is 4.98 Å². The van der Waals surface area contributed by atoms with Crippen molar-refractivity contribution >= 4 is 5.91 Å². The number of furan rings is 1. The zero-order chi connectivity index (χ0) is 18.6. The molecule has 0 saturated heterocycles. The van der Waals surface area contributed by atoms with Crippen molar-refractivity contribution in [3.63, 3.8) is 0 Å². The second-order valence-corrected chi connectivity index (χ2v) is 6.74. The molecule has 4 rings (SSSR count). The first-order valence-electron chi connectivity index (χ1n) is 9.03. The van der Waals surface area contributed by atoms with Crippen molar-refractivity contribution in [1.82, 2.24) is 30.0 Å². The van der Waals surface area contributed by atoms with Gasteiger partial charge in [-0.15, -0.1) is 0 Å². The van der Waals surface area contributed by atoms with E-state index < -0.39 is 0 Å². The van der Waals surface area contributed by atoms with Crippen molar-refractivity contribution in [3.8, 4) is 0 Å². The minimum atomic E-state index is -0.206. The molecule has 0 aromatic carbocycles. The number of aryl methyl sites for hydroxylation is 1. The molecule has 8 heteroatoms. The van der Waals surface area contributed by atoms with Crippen LogP contribution in [0.2, 0.25) is 0 Å². The van der Waals surface area contributed by atoms with Crippen LogP contribution >= 0.6 is 0 Å². The molecule has 0 bridgehead atoms. The lowest BCUT2D eigenvalue weighted by Crippen LogP contribution is -2.39. The number of hydrogen-bond acceptors (Lipinski definition) is 6. The van der Waals surface area contributed by atoms with Crippen molar-refractivity contribution < 1.29 is 9.21 Å². The molecule has 1 amide bonds. The van der Waals surface area contributed by atoms with Gasteiger partial charge in [-0.3, -0.25) is 19.4 Å². The number of carbonyl (C=O) groups excluding carboxylic acids is 1. The molecule has 1 aliphatic heterocycles. The van der Waals surface area contributed by atoms with Crippen molar-refractivity contribution in [2.75, 3.05) is 13.1 Å². The minimum Gasteiger partial charge on any atom is -0.465 e. The maximum absolute atomic E-state index is 12.1. The van der Waals surface area contributed by atoms with Gasteiger partial charge in [0.1, 0.15) is 17.2 Å². The summed E-state index contributed by atoms with van der Waals surface area (Å²) in [6.45, 7) is 4.96. The molecular weight excluding hydrogens is 344 g/mol. The average Bonchev–Trinajstić information content (AvgIpc) is 3.31. The summed E-state index contributed by atoms with van der Waals surface area (Å²) >= 11 is 0. The second kappa shape index (κ2) is 7.71. The van der Waals surface area contributed by atoms with E-state index >= 15 is 0 Å². The summed E-state index contributed by atoms with van der Waals surface area (Å²) in [5.41, 5.74) is 1.51. The summed E-state index contributed by atoms with van der Waals surface area (Å²) in [6, 6.07) is 6.26. The SMILES string of the molecule is Cc1ccc(CN2Cc3ccnn3C(CCNC(=O)c3cnccn3)C2)o1. The third-order valence-electron chi connectivity index (χ3n) is 4.69. The van der Waals surface area contributed by atoms with E-state index in [2.05, 4.69) is 30.0 Å². The summed E-state index contributed by atoms with van der Waals surface area (Å²) < 4.78 is 7.79. The highest BCUT2D eigenvalue weighted by Gasteiger charge is 2.26. The highest BCUT2D eigenvalue weighted by molar-refractivity contribution is 5.91. The highest BCUT2D eigenvalue weighted by Crippen LogP contribution is 2.24. The van der Waals surface area contributed by atoms with E-state index in [1.54, 1.807) is 6.20 Å². The standard InChI is InChI=1S/C19H22N6O2/c1-14-2-3-17(27-14)13-24-11-15(25-16(12-24)5-7-23-25)4-6-22-19(26)18-10-20-8-9-21-18/h2-3,5,7-10,15H,4,6,11-13H2,1H3,(H,22,26). The number of carbonyl (C=O) groups is 1. The lowest BCUT2D eigenvalue weighted by Gasteiger charge is -2.33. The molecular formula is C19H22N6O2. The molecule has 1 N–H and O–H groups in total. The fourth-order valence-corrected chi connectivity index (χ4v) is 3.45. The molecule has 0 radical (unpaired) electrons. The molecule has 0 saturated carbocycles. The van der Waals surface area contributed by atoms with Gasteiger partial charge in [0.25, 0.3) is 5.91 Å². The van der Waals surface area contributed by atoms with Gasteiger partial charge < -0.3 is 9.73 Å². The Balaban J connectivity index is 1.37. The van der Waals surface area contributed by atoms with E-state index in [0.717, 1.165) is 37.6 Å². The van der Waals surface area contributed by atoms with Crippen LogP contribution in [-0.2, 0) is 13.1 Å². The Hall–Kier alpha value is -3.00. The van der Waals surface area contributed by atoms with Crippen LogP contribution in [-0.4, -0.2) is 43.6 Å². The summed E-state index contributed by atoms with van der Waals surface area (Å²) in [5, 5.41) is 7.39. The quantitative estimate of drug-likeness (QED) is 0.717. The van der Waals surface area contributed by atoms with Gasteiger partial charge in [0.05, 0.1) is 24.5 Å². The lowest BCUT2D eigenvalue weighted by molar-refractivity contribution is 0.0941. The Labute approximate surface area is 157 Å². The van der Waals surface area contributed by atoms with E-state index in [1.165, 1.54) is 18.1 Å². The van der Waals surface area contributed by atoms with Crippen LogP contribution in [0.4, 0.5) is 0 Å². The fourth-order valence-electron chi connectivity index (χ4n) is 3.45. The number of aromatic nitrogens is 4. The van der Waals surface area contributed by atoms with Gasteiger partial charge in [-0.05, 0) is 31.5 Å². The molecule has 1 aliphatic rings. The van der Waals surface area contributed by atoms with Gasteiger partial charge >= 0.3 is 0 Å². The van der Waals surface area contributed by atoms with Crippen molar-refractivity contribution in [2.24, 2.45) is 0 Å². The van der Waals surface area contributed by atoms with Crippen molar-refractivity contribution in [2.45, 2.75) is 32.5 Å². The molecule has 0 aliphatic carbocycles. The van der Waals surface area contributed by atoms with Crippen LogP contribution in [0.25, 0.3) is 0 Å². The highest BCUT2D eigenvalue weighted by atomic mass is 16.3.